The number of carbonyl (C=O) groups is 1. The lowest BCUT2D eigenvalue weighted by Gasteiger charge is -2.34. The molecule has 2 N–H and O–H groups in total. The van der Waals surface area contributed by atoms with Gasteiger partial charge in [0, 0.05) is 12.6 Å². The van der Waals surface area contributed by atoms with Gasteiger partial charge in [0.15, 0.2) is 0 Å². The van der Waals surface area contributed by atoms with E-state index < -0.39 is 12.5 Å². The van der Waals surface area contributed by atoms with E-state index >= 15 is 0 Å². The Morgan fingerprint density at radius 1 is 1.16 bits per heavy atom. The quantitative estimate of drug-likeness (QED) is 0.461. The van der Waals surface area contributed by atoms with Gasteiger partial charge >= 0.3 is 6.18 Å². The highest BCUT2D eigenvalue weighted by molar-refractivity contribution is 5.83. The van der Waals surface area contributed by atoms with E-state index in [1.54, 1.807) is 6.33 Å². The van der Waals surface area contributed by atoms with Crippen molar-refractivity contribution in [1.82, 2.24) is 15.3 Å². The van der Waals surface area contributed by atoms with Gasteiger partial charge in [-0.05, 0) is 72.4 Å². The van der Waals surface area contributed by atoms with Crippen LogP contribution in [0.15, 0.2) is 42.7 Å². The molecular formula is C25H30F3N3O. The molecule has 1 heterocycles. The second kappa shape index (κ2) is 9.86. The minimum Gasteiger partial charge on any atom is -0.345 e. The third-order valence-electron chi connectivity index (χ3n) is 6.10. The number of nitrogens with one attached hydrogen (secondary N) is 2. The second-order valence-corrected chi connectivity index (χ2v) is 9.26. The molecule has 0 spiro atoms. The number of rotatable bonds is 4. The fourth-order valence-corrected chi connectivity index (χ4v) is 4.07. The molecule has 32 heavy (non-hydrogen) atoms. The van der Waals surface area contributed by atoms with Crippen molar-refractivity contribution in [2.45, 2.75) is 65.2 Å². The summed E-state index contributed by atoms with van der Waals surface area (Å²) in [6, 6.07) is 14.0. The van der Waals surface area contributed by atoms with Gasteiger partial charge in [-0.1, -0.05) is 38.1 Å². The van der Waals surface area contributed by atoms with Crippen molar-refractivity contribution in [2.75, 3.05) is 0 Å². The number of H-pyrrole nitrogens is 1. The van der Waals surface area contributed by atoms with Crippen LogP contribution in [-0.4, -0.2) is 28.5 Å². The highest BCUT2D eigenvalue weighted by Crippen LogP contribution is 2.35. The van der Waals surface area contributed by atoms with Crippen molar-refractivity contribution in [3.63, 3.8) is 0 Å². The molecule has 2 aromatic carbocycles. The fourth-order valence-electron chi connectivity index (χ4n) is 4.07. The zero-order valence-corrected chi connectivity index (χ0v) is 18.7. The number of aryl methyl sites for hydroxylation is 1. The number of aldehydes is 1. The van der Waals surface area contributed by atoms with Crippen LogP contribution < -0.4 is 5.32 Å². The van der Waals surface area contributed by atoms with Crippen molar-refractivity contribution in [2.24, 2.45) is 5.41 Å². The Hall–Kier alpha value is -2.67. The van der Waals surface area contributed by atoms with Crippen LogP contribution >= 0.6 is 0 Å². The number of halogens is 3. The molecule has 0 aliphatic heterocycles. The highest BCUT2D eigenvalue weighted by atomic mass is 19.4. The molecule has 4 rings (SSSR count). The zero-order chi connectivity index (χ0) is 23.4. The average Bonchev–Trinajstić information content (AvgIpc) is 3.20. The molecule has 0 bridgehead atoms. The third kappa shape index (κ3) is 6.66. The number of nitrogens with zero attached hydrogens (tertiary/aromatic N) is 1. The minimum atomic E-state index is -4.64. The van der Waals surface area contributed by atoms with Crippen LogP contribution in [0.25, 0.3) is 22.2 Å². The van der Waals surface area contributed by atoms with Gasteiger partial charge in [0.2, 0.25) is 6.29 Å². The van der Waals surface area contributed by atoms with Gasteiger partial charge in [0.05, 0.1) is 17.4 Å². The van der Waals surface area contributed by atoms with Gasteiger partial charge in [-0.25, -0.2) is 4.98 Å². The number of hydrogen-bond donors (Lipinski definition) is 2. The lowest BCUT2D eigenvalue weighted by Crippen LogP contribution is -2.35. The summed E-state index contributed by atoms with van der Waals surface area (Å²) in [6.45, 7) is 7.91. The molecule has 0 amide bonds. The number of carbonyl (C=O) groups excluding carboxylic acids is 1. The predicted octanol–water partition coefficient (Wildman–Crippen LogP) is 6.34. The van der Waals surface area contributed by atoms with Gasteiger partial charge in [-0.15, -0.1) is 0 Å². The number of aromatic amines is 1. The van der Waals surface area contributed by atoms with E-state index in [2.05, 4.69) is 72.5 Å². The van der Waals surface area contributed by atoms with Gasteiger partial charge < -0.3 is 10.3 Å². The first-order valence-corrected chi connectivity index (χ1v) is 10.9. The van der Waals surface area contributed by atoms with Crippen molar-refractivity contribution >= 4 is 17.3 Å². The lowest BCUT2D eigenvalue weighted by atomic mass is 9.75. The summed E-state index contributed by atoms with van der Waals surface area (Å²) in [7, 11) is 0. The van der Waals surface area contributed by atoms with Gasteiger partial charge in [0.25, 0.3) is 0 Å². The van der Waals surface area contributed by atoms with Crippen molar-refractivity contribution < 1.29 is 18.0 Å². The Labute approximate surface area is 186 Å². The van der Waals surface area contributed by atoms with E-state index in [0.29, 0.717) is 11.5 Å². The first-order valence-electron chi connectivity index (χ1n) is 10.9. The zero-order valence-electron chi connectivity index (χ0n) is 18.7. The maximum Gasteiger partial charge on any atom is 0.446 e. The van der Waals surface area contributed by atoms with E-state index in [1.165, 1.54) is 47.9 Å². The molecule has 1 fully saturated rings. The molecule has 0 atom stereocenters. The van der Waals surface area contributed by atoms with E-state index in [9.17, 15) is 13.2 Å². The predicted molar refractivity (Wildman–Crippen MR) is 121 cm³/mol. The van der Waals surface area contributed by atoms with Crippen LogP contribution in [0, 0.1) is 12.3 Å². The van der Waals surface area contributed by atoms with E-state index in [1.807, 2.05) is 0 Å². The van der Waals surface area contributed by atoms with Crippen LogP contribution in [0.2, 0.25) is 0 Å². The molecule has 1 aliphatic carbocycles. The van der Waals surface area contributed by atoms with Crippen molar-refractivity contribution in [3.05, 3.63) is 53.9 Å². The van der Waals surface area contributed by atoms with E-state index in [4.69, 9.17) is 4.79 Å². The van der Waals surface area contributed by atoms with Gasteiger partial charge in [-0.3, -0.25) is 4.79 Å². The Morgan fingerprint density at radius 2 is 1.78 bits per heavy atom. The molecular weight excluding hydrogens is 415 g/mol. The molecule has 1 saturated carbocycles. The molecule has 3 aromatic rings. The third-order valence-corrected chi connectivity index (χ3v) is 6.10. The summed E-state index contributed by atoms with van der Waals surface area (Å²) < 4.78 is 31.2. The summed E-state index contributed by atoms with van der Waals surface area (Å²) in [5.74, 6) is 0. The SMILES string of the molecule is Cc1cc2[nH]cnc2cc1-c1ccc(CNC2CCC(C)(C)CC2)cc1.O=CC(F)(F)F. The molecule has 1 aromatic heterocycles. The maximum absolute atomic E-state index is 10.4. The standard InChI is InChI=1S/C23H29N3.C2HF3O/c1-16-12-21-22(26-15-25-21)13-20(16)18-6-4-17(5-7-18)14-24-19-8-10-23(2,3)11-9-19;3-2(4,5)1-6/h4-7,12-13,15,19,24H,8-11,14H2,1-3H3,(H,25,26);1H. The van der Waals surface area contributed by atoms with Crippen LogP contribution in [0.5, 0.6) is 0 Å². The molecule has 0 unspecified atom stereocenters. The first-order chi connectivity index (χ1) is 15.1. The summed E-state index contributed by atoms with van der Waals surface area (Å²) >= 11 is 0. The Morgan fingerprint density at radius 3 is 2.38 bits per heavy atom. The summed E-state index contributed by atoms with van der Waals surface area (Å²) in [5, 5.41) is 3.75. The number of benzene rings is 2. The topological polar surface area (TPSA) is 57.8 Å². The average molecular weight is 446 g/mol. The second-order valence-electron chi connectivity index (χ2n) is 9.26. The van der Waals surface area contributed by atoms with Crippen molar-refractivity contribution in [1.29, 1.82) is 0 Å². The molecule has 172 valence electrons. The van der Waals surface area contributed by atoms with Crippen LogP contribution in [-0.2, 0) is 11.3 Å². The number of imidazole rings is 1. The van der Waals surface area contributed by atoms with E-state index in [0.717, 1.165) is 17.6 Å². The van der Waals surface area contributed by atoms with Gasteiger partial charge in [-0.2, -0.15) is 13.2 Å². The Balaban J connectivity index is 0.000000427. The smallest absolute Gasteiger partial charge is 0.345 e. The number of aromatic nitrogens is 2. The first kappa shape index (κ1) is 24.0. The molecule has 7 heteroatoms. The van der Waals surface area contributed by atoms with Crippen LogP contribution in [0.3, 0.4) is 0 Å². The molecule has 4 nitrogen and oxygen atoms in total. The molecule has 0 saturated heterocycles. The lowest BCUT2D eigenvalue weighted by molar-refractivity contribution is -0.156. The Kier molecular flexibility index (Phi) is 7.39. The van der Waals surface area contributed by atoms with Crippen LogP contribution in [0.1, 0.15) is 50.7 Å². The summed E-state index contributed by atoms with van der Waals surface area (Å²) in [4.78, 5) is 16.3. The molecule has 0 radical (unpaired) electrons. The largest absolute Gasteiger partial charge is 0.446 e. The number of alkyl halides is 3. The van der Waals surface area contributed by atoms with E-state index in [-0.39, 0.29) is 0 Å². The summed E-state index contributed by atoms with van der Waals surface area (Å²) in [5.41, 5.74) is 7.82. The number of fused-ring (bicyclic) bond motifs is 1. The van der Waals surface area contributed by atoms with Gasteiger partial charge in [0.1, 0.15) is 0 Å². The maximum atomic E-state index is 10.4. The number of hydrogen-bond acceptors (Lipinski definition) is 3. The monoisotopic (exact) mass is 445 g/mol. The normalized spacial score (nSPS) is 16.4. The molecule has 1 aliphatic rings. The Bertz CT molecular complexity index is 1030. The van der Waals surface area contributed by atoms with Crippen LogP contribution in [0.4, 0.5) is 13.2 Å². The summed E-state index contributed by atoms with van der Waals surface area (Å²) in [6.07, 6.45) is 1.32. The highest BCUT2D eigenvalue weighted by Gasteiger charge is 2.26. The fraction of sp³-hybridized carbons (Fsp3) is 0.440. The minimum absolute atomic E-state index is 0.535. The van der Waals surface area contributed by atoms with Crippen molar-refractivity contribution in [3.8, 4) is 11.1 Å².